The van der Waals surface area contributed by atoms with Gasteiger partial charge in [0.25, 0.3) is 0 Å². The van der Waals surface area contributed by atoms with Crippen molar-refractivity contribution in [1.29, 1.82) is 0 Å². The van der Waals surface area contributed by atoms with E-state index in [-0.39, 0.29) is 23.1 Å². The van der Waals surface area contributed by atoms with Crippen LogP contribution in [-0.4, -0.2) is 46.4 Å². The van der Waals surface area contributed by atoms with Crippen molar-refractivity contribution in [2.75, 3.05) is 13.7 Å². The van der Waals surface area contributed by atoms with Gasteiger partial charge in [-0.3, -0.25) is 10.3 Å². The molecule has 1 unspecified atom stereocenters. The van der Waals surface area contributed by atoms with Crippen LogP contribution in [0.2, 0.25) is 0 Å². The summed E-state index contributed by atoms with van der Waals surface area (Å²) in [6, 6.07) is 4.23. The Balaban J connectivity index is 2.35. The summed E-state index contributed by atoms with van der Waals surface area (Å²) >= 11 is 0. The van der Waals surface area contributed by atoms with Crippen molar-refractivity contribution >= 4 is 12.1 Å². The van der Waals surface area contributed by atoms with Crippen LogP contribution in [0, 0.1) is 0 Å². The van der Waals surface area contributed by atoms with Gasteiger partial charge >= 0.3 is 6.09 Å². The number of aliphatic imine (C=N–C) groups is 1. The second-order valence-electron chi connectivity index (χ2n) is 6.12. The standard InChI is InChI=1S/C15H21N3O4/c1-15(2,3)18-12(8-16-13(18)17-14(21)22-4)9-5-10(19)7-11(20)6-9/h5-7,12,19-20H,8H2,1-4H3,(H,16,17,21). The second-order valence-corrected chi connectivity index (χ2v) is 6.12. The van der Waals surface area contributed by atoms with Crippen LogP contribution in [0.1, 0.15) is 32.4 Å². The maximum Gasteiger partial charge on any atom is 0.413 e. The van der Waals surface area contributed by atoms with Crippen LogP contribution in [-0.2, 0) is 4.74 Å². The highest BCUT2D eigenvalue weighted by Gasteiger charge is 2.37. The number of hydrogen-bond donors (Lipinski definition) is 3. The van der Waals surface area contributed by atoms with Gasteiger partial charge in [-0.1, -0.05) is 0 Å². The SMILES string of the molecule is COC(=O)NC1=NCC(c2cc(O)cc(O)c2)N1C(C)(C)C. The van der Waals surface area contributed by atoms with Crippen molar-refractivity contribution in [2.24, 2.45) is 4.99 Å². The number of alkyl carbamates (subject to hydrolysis) is 1. The van der Waals surface area contributed by atoms with E-state index in [4.69, 9.17) is 0 Å². The zero-order valence-electron chi connectivity index (χ0n) is 13.1. The molecule has 1 amide bonds. The molecule has 1 aromatic carbocycles. The van der Waals surface area contributed by atoms with Gasteiger partial charge in [-0.05, 0) is 38.5 Å². The van der Waals surface area contributed by atoms with Crippen LogP contribution in [0.5, 0.6) is 11.5 Å². The highest BCUT2D eigenvalue weighted by molar-refractivity contribution is 5.95. The fraction of sp³-hybridized carbons (Fsp3) is 0.467. The highest BCUT2D eigenvalue weighted by atomic mass is 16.5. The van der Waals surface area contributed by atoms with Crippen LogP contribution in [0.25, 0.3) is 0 Å². The lowest BCUT2D eigenvalue weighted by molar-refractivity contribution is 0.166. The molecule has 0 spiro atoms. The van der Waals surface area contributed by atoms with Crippen LogP contribution in [0.4, 0.5) is 4.79 Å². The van der Waals surface area contributed by atoms with E-state index in [0.717, 1.165) is 5.56 Å². The van der Waals surface area contributed by atoms with Crippen molar-refractivity contribution in [3.05, 3.63) is 23.8 Å². The predicted molar refractivity (Wildman–Crippen MR) is 81.9 cm³/mol. The number of ether oxygens (including phenoxy) is 1. The Morgan fingerprint density at radius 1 is 1.32 bits per heavy atom. The van der Waals surface area contributed by atoms with Gasteiger partial charge in [0, 0.05) is 11.6 Å². The van der Waals surface area contributed by atoms with E-state index >= 15 is 0 Å². The first-order valence-electron chi connectivity index (χ1n) is 6.94. The molecule has 7 heteroatoms. The molecule has 0 radical (unpaired) electrons. The molecule has 0 saturated heterocycles. The normalized spacial score (nSPS) is 18.1. The molecule has 0 aromatic heterocycles. The van der Waals surface area contributed by atoms with E-state index in [1.54, 1.807) is 12.1 Å². The molecule has 0 saturated carbocycles. The number of aromatic hydroxyl groups is 2. The predicted octanol–water partition coefficient (Wildman–Crippen LogP) is 1.96. The molecule has 1 aromatic rings. The number of amides is 1. The molecule has 1 aliphatic rings. The number of phenolic OH excluding ortho intramolecular Hbond substituents is 2. The van der Waals surface area contributed by atoms with E-state index in [1.165, 1.54) is 13.2 Å². The van der Waals surface area contributed by atoms with Gasteiger partial charge in [-0.25, -0.2) is 4.79 Å². The zero-order chi connectivity index (χ0) is 16.5. The van der Waals surface area contributed by atoms with E-state index in [2.05, 4.69) is 15.0 Å². The molecular formula is C15H21N3O4. The Labute approximate surface area is 129 Å². The number of carbonyl (C=O) groups excluding carboxylic acids is 1. The fourth-order valence-corrected chi connectivity index (χ4v) is 2.57. The largest absolute Gasteiger partial charge is 0.508 e. The number of nitrogens with one attached hydrogen (secondary N) is 1. The first-order valence-corrected chi connectivity index (χ1v) is 6.94. The van der Waals surface area contributed by atoms with Crippen molar-refractivity contribution in [3.63, 3.8) is 0 Å². The third-order valence-electron chi connectivity index (χ3n) is 3.39. The first kappa shape index (κ1) is 15.9. The third-order valence-corrected chi connectivity index (χ3v) is 3.39. The van der Waals surface area contributed by atoms with Gasteiger partial charge in [0.05, 0.1) is 19.7 Å². The maximum absolute atomic E-state index is 11.5. The summed E-state index contributed by atoms with van der Waals surface area (Å²) in [4.78, 5) is 17.8. The molecule has 1 heterocycles. The van der Waals surface area contributed by atoms with E-state index in [1.807, 2.05) is 25.7 Å². The number of rotatable bonds is 1. The summed E-state index contributed by atoms with van der Waals surface area (Å²) in [5.41, 5.74) is 0.389. The number of carbonyl (C=O) groups is 1. The van der Waals surface area contributed by atoms with Gasteiger partial charge in [-0.2, -0.15) is 0 Å². The summed E-state index contributed by atoms with van der Waals surface area (Å²) in [7, 11) is 1.29. The highest BCUT2D eigenvalue weighted by Crippen LogP contribution is 2.35. The van der Waals surface area contributed by atoms with Crippen molar-refractivity contribution in [3.8, 4) is 11.5 Å². The number of guanidine groups is 1. The number of benzene rings is 1. The molecule has 7 nitrogen and oxygen atoms in total. The molecule has 0 aliphatic carbocycles. The zero-order valence-corrected chi connectivity index (χ0v) is 13.1. The smallest absolute Gasteiger partial charge is 0.413 e. The Hall–Kier alpha value is -2.44. The number of nitrogens with zero attached hydrogens (tertiary/aromatic N) is 2. The summed E-state index contributed by atoms with van der Waals surface area (Å²) in [6.07, 6.45) is -0.590. The summed E-state index contributed by atoms with van der Waals surface area (Å²) in [6.45, 7) is 6.37. The second kappa shape index (κ2) is 5.75. The number of hydrogen-bond acceptors (Lipinski definition) is 6. The van der Waals surface area contributed by atoms with E-state index in [0.29, 0.717) is 12.5 Å². The summed E-state index contributed by atoms with van der Waals surface area (Å²) in [5, 5.41) is 22.0. The molecular weight excluding hydrogens is 286 g/mol. The van der Waals surface area contributed by atoms with Crippen molar-refractivity contribution < 1.29 is 19.7 Å². The van der Waals surface area contributed by atoms with E-state index in [9.17, 15) is 15.0 Å². The van der Waals surface area contributed by atoms with Gasteiger partial charge in [-0.15, -0.1) is 0 Å². The monoisotopic (exact) mass is 307 g/mol. The lowest BCUT2D eigenvalue weighted by atomic mass is 9.99. The van der Waals surface area contributed by atoms with Gasteiger partial charge < -0.3 is 19.8 Å². The molecule has 22 heavy (non-hydrogen) atoms. The minimum atomic E-state index is -0.590. The Morgan fingerprint density at radius 2 is 1.91 bits per heavy atom. The molecule has 0 fully saturated rings. The van der Waals surface area contributed by atoms with Crippen molar-refractivity contribution in [1.82, 2.24) is 10.2 Å². The Bertz CT molecular complexity index is 587. The van der Waals surface area contributed by atoms with Crippen LogP contribution in [0.3, 0.4) is 0 Å². The molecule has 0 bridgehead atoms. The van der Waals surface area contributed by atoms with Gasteiger partial charge in [0.2, 0.25) is 5.96 Å². The van der Waals surface area contributed by atoms with Crippen LogP contribution >= 0.6 is 0 Å². The minimum absolute atomic E-state index is 0.0155. The number of methoxy groups -OCH3 is 1. The molecule has 120 valence electrons. The molecule has 3 N–H and O–H groups in total. The lowest BCUT2D eigenvalue weighted by Gasteiger charge is -2.39. The Morgan fingerprint density at radius 3 is 2.41 bits per heavy atom. The maximum atomic E-state index is 11.5. The van der Waals surface area contributed by atoms with Gasteiger partial charge in [0.15, 0.2) is 0 Å². The third kappa shape index (κ3) is 3.24. The average molecular weight is 307 g/mol. The Kier molecular flexibility index (Phi) is 4.16. The number of phenols is 2. The average Bonchev–Trinajstić information content (AvgIpc) is 2.81. The van der Waals surface area contributed by atoms with Crippen LogP contribution < -0.4 is 5.32 Å². The topological polar surface area (TPSA) is 94.4 Å². The summed E-state index contributed by atoms with van der Waals surface area (Å²) in [5.74, 6) is 0.378. The molecule has 2 rings (SSSR count). The van der Waals surface area contributed by atoms with E-state index < -0.39 is 6.09 Å². The molecule has 1 aliphatic heterocycles. The quantitative estimate of drug-likeness (QED) is 0.737. The minimum Gasteiger partial charge on any atom is -0.508 e. The summed E-state index contributed by atoms with van der Waals surface area (Å²) < 4.78 is 4.61. The molecule has 1 atom stereocenters. The van der Waals surface area contributed by atoms with Gasteiger partial charge in [0.1, 0.15) is 11.5 Å². The van der Waals surface area contributed by atoms with Crippen LogP contribution in [0.15, 0.2) is 23.2 Å². The first-order chi connectivity index (χ1) is 10.2. The lowest BCUT2D eigenvalue weighted by Crippen LogP contribution is -2.51. The van der Waals surface area contributed by atoms with Crippen molar-refractivity contribution in [2.45, 2.75) is 32.4 Å². The fourth-order valence-electron chi connectivity index (χ4n) is 2.57.